The van der Waals surface area contributed by atoms with Crippen LogP contribution in [0.15, 0.2) is 78.9 Å². The molecule has 1 saturated carbocycles. The first-order valence-electron chi connectivity index (χ1n) is 10.5. The summed E-state index contributed by atoms with van der Waals surface area (Å²) in [7, 11) is 0. The number of aliphatic hydroxyl groups excluding tert-OH is 1. The van der Waals surface area contributed by atoms with Crippen molar-refractivity contribution in [3.05, 3.63) is 95.6 Å². The number of amides is 1. The molecule has 2 atom stereocenters. The largest absolute Gasteiger partial charge is 0.449 e. The van der Waals surface area contributed by atoms with Gasteiger partial charge in [0.05, 0.1) is 6.61 Å². The lowest BCUT2D eigenvalue weighted by molar-refractivity contribution is 0.136. The molecule has 4 heteroatoms. The van der Waals surface area contributed by atoms with Crippen molar-refractivity contribution in [2.45, 2.75) is 18.3 Å². The van der Waals surface area contributed by atoms with Gasteiger partial charge in [0.2, 0.25) is 0 Å². The van der Waals surface area contributed by atoms with Crippen LogP contribution in [0.4, 0.5) is 4.79 Å². The molecule has 0 bridgehead atoms. The molecular formula is C26H25NO3. The lowest BCUT2D eigenvalue weighted by Gasteiger charge is -2.18. The summed E-state index contributed by atoms with van der Waals surface area (Å²) in [5, 5.41) is 12.8. The molecule has 4 nitrogen and oxygen atoms in total. The number of aliphatic hydroxyl groups is 1. The van der Waals surface area contributed by atoms with Crippen LogP contribution in [0, 0.1) is 5.41 Å². The summed E-state index contributed by atoms with van der Waals surface area (Å²) in [6.45, 7) is 0.768. The Labute approximate surface area is 176 Å². The molecule has 0 heterocycles. The van der Waals surface area contributed by atoms with Crippen LogP contribution in [0.5, 0.6) is 0 Å². The smallest absolute Gasteiger partial charge is 0.407 e. The lowest BCUT2D eigenvalue weighted by atomic mass is 9.98. The van der Waals surface area contributed by atoms with Gasteiger partial charge in [0.15, 0.2) is 0 Å². The molecule has 30 heavy (non-hydrogen) atoms. The van der Waals surface area contributed by atoms with Crippen LogP contribution in [0.3, 0.4) is 0 Å². The Hall–Kier alpha value is -3.11. The van der Waals surface area contributed by atoms with Crippen molar-refractivity contribution in [2.24, 2.45) is 5.41 Å². The van der Waals surface area contributed by atoms with E-state index in [1.165, 1.54) is 27.8 Å². The minimum Gasteiger partial charge on any atom is -0.449 e. The van der Waals surface area contributed by atoms with E-state index in [0.29, 0.717) is 13.2 Å². The highest BCUT2D eigenvalue weighted by atomic mass is 16.5. The maximum atomic E-state index is 12.4. The first-order valence-corrected chi connectivity index (χ1v) is 10.5. The van der Waals surface area contributed by atoms with Gasteiger partial charge < -0.3 is 15.2 Å². The van der Waals surface area contributed by atoms with Crippen molar-refractivity contribution in [2.75, 3.05) is 19.8 Å². The third kappa shape index (κ3) is 3.27. The van der Waals surface area contributed by atoms with Gasteiger partial charge in [0.1, 0.15) is 6.61 Å². The number of rotatable bonds is 6. The Bertz CT molecular complexity index is 1020. The molecule has 3 aromatic carbocycles. The Morgan fingerprint density at radius 1 is 0.933 bits per heavy atom. The summed E-state index contributed by atoms with van der Waals surface area (Å²) in [5.74, 6) is 0.325. The van der Waals surface area contributed by atoms with E-state index < -0.39 is 6.09 Å². The van der Waals surface area contributed by atoms with Crippen molar-refractivity contribution in [3.8, 4) is 11.1 Å². The molecule has 0 aromatic heterocycles. The third-order valence-corrected chi connectivity index (χ3v) is 6.64. The molecule has 0 radical (unpaired) electrons. The van der Waals surface area contributed by atoms with Crippen molar-refractivity contribution in [1.82, 2.24) is 5.32 Å². The number of hydrogen-bond donors (Lipinski definition) is 2. The van der Waals surface area contributed by atoms with Crippen molar-refractivity contribution in [3.63, 3.8) is 0 Å². The molecule has 2 aliphatic carbocycles. The molecule has 2 aliphatic rings. The summed E-state index contributed by atoms with van der Waals surface area (Å²) < 4.78 is 5.62. The number of ether oxygens (including phenoxy) is 1. The summed E-state index contributed by atoms with van der Waals surface area (Å²) in [5.41, 5.74) is 5.75. The van der Waals surface area contributed by atoms with Crippen LogP contribution in [0.25, 0.3) is 11.1 Å². The number of carbonyl (C=O) groups is 1. The van der Waals surface area contributed by atoms with Crippen molar-refractivity contribution >= 4 is 6.09 Å². The van der Waals surface area contributed by atoms with Gasteiger partial charge in [0, 0.05) is 17.9 Å². The Kier molecular flexibility index (Phi) is 4.80. The van der Waals surface area contributed by atoms with E-state index in [1.54, 1.807) is 0 Å². The molecule has 1 fully saturated rings. The average Bonchev–Trinajstić information content (AvgIpc) is 3.45. The second-order valence-corrected chi connectivity index (χ2v) is 8.37. The molecule has 152 valence electrons. The van der Waals surface area contributed by atoms with Gasteiger partial charge in [0.25, 0.3) is 0 Å². The zero-order chi connectivity index (χ0) is 20.6. The zero-order valence-electron chi connectivity index (χ0n) is 16.8. The van der Waals surface area contributed by atoms with Gasteiger partial charge in [-0.15, -0.1) is 0 Å². The molecule has 2 N–H and O–H groups in total. The highest BCUT2D eigenvalue weighted by Gasteiger charge is 2.54. The van der Waals surface area contributed by atoms with E-state index in [1.807, 2.05) is 42.5 Å². The Morgan fingerprint density at radius 3 is 2.17 bits per heavy atom. The van der Waals surface area contributed by atoms with Gasteiger partial charge in [-0.3, -0.25) is 0 Å². The number of alkyl carbamates (subject to hydrolysis) is 1. The highest BCUT2D eigenvalue weighted by Crippen LogP contribution is 2.58. The molecule has 0 unspecified atom stereocenters. The fraction of sp³-hybridized carbons (Fsp3) is 0.269. The van der Waals surface area contributed by atoms with Gasteiger partial charge in [-0.1, -0.05) is 78.9 Å². The SMILES string of the molecule is O=C(NC[C@]1(CO)C[C@H]1c1ccccc1)OCC1c2ccccc2-c2ccccc21. The number of fused-ring (bicyclic) bond motifs is 3. The van der Waals surface area contributed by atoms with E-state index >= 15 is 0 Å². The van der Waals surface area contributed by atoms with Gasteiger partial charge in [-0.05, 0) is 40.2 Å². The standard InChI is InChI=1S/C26H25NO3/c28-17-26(14-24(26)18-8-2-1-3-9-18)16-27-25(29)30-15-23-21-12-6-4-10-19(21)20-11-5-7-13-22(20)23/h1-13,23-24,28H,14-17H2,(H,27,29)/t24-,26-/m0/s1. The first-order chi connectivity index (χ1) is 14.7. The lowest BCUT2D eigenvalue weighted by Crippen LogP contribution is -2.34. The van der Waals surface area contributed by atoms with Crippen LogP contribution in [0.1, 0.15) is 34.9 Å². The summed E-state index contributed by atoms with van der Waals surface area (Å²) >= 11 is 0. The highest BCUT2D eigenvalue weighted by molar-refractivity contribution is 5.79. The summed E-state index contributed by atoms with van der Waals surface area (Å²) in [4.78, 5) is 12.4. The quantitative estimate of drug-likeness (QED) is 0.632. The maximum Gasteiger partial charge on any atom is 0.407 e. The second kappa shape index (κ2) is 7.62. The Morgan fingerprint density at radius 2 is 1.53 bits per heavy atom. The topological polar surface area (TPSA) is 58.6 Å². The minimum absolute atomic E-state index is 0.0490. The van der Waals surface area contributed by atoms with E-state index in [0.717, 1.165) is 6.42 Å². The average molecular weight is 399 g/mol. The number of carbonyl (C=O) groups excluding carboxylic acids is 1. The van der Waals surface area contributed by atoms with E-state index in [4.69, 9.17) is 4.74 Å². The minimum atomic E-state index is -0.427. The van der Waals surface area contributed by atoms with Crippen molar-refractivity contribution < 1.29 is 14.6 Å². The van der Waals surface area contributed by atoms with E-state index in [9.17, 15) is 9.90 Å². The predicted molar refractivity (Wildman–Crippen MR) is 116 cm³/mol. The molecule has 0 saturated heterocycles. The number of benzene rings is 3. The second-order valence-electron chi connectivity index (χ2n) is 8.37. The predicted octanol–water partition coefficient (Wildman–Crippen LogP) is 4.69. The molecular weight excluding hydrogens is 374 g/mol. The zero-order valence-corrected chi connectivity index (χ0v) is 16.8. The fourth-order valence-corrected chi connectivity index (χ4v) is 4.83. The summed E-state index contributed by atoms with van der Waals surface area (Å²) in [6, 6.07) is 26.8. The summed E-state index contributed by atoms with van der Waals surface area (Å²) in [6.07, 6.45) is 0.445. The van der Waals surface area contributed by atoms with Crippen LogP contribution in [-0.2, 0) is 4.74 Å². The van der Waals surface area contributed by atoms with E-state index in [2.05, 4.69) is 41.7 Å². The Balaban J connectivity index is 1.21. The number of hydrogen-bond acceptors (Lipinski definition) is 3. The van der Waals surface area contributed by atoms with Crippen LogP contribution >= 0.6 is 0 Å². The maximum absolute atomic E-state index is 12.4. The molecule has 0 aliphatic heterocycles. The molecule has 1 amide bonds. The first kappa shape index (κ1) is 18.9. The van der Waals surface area contributed by atoms with Crippen LogP contribution < -0.4 is 5.32 Å². The fourth-order valence-electron chi connectivity index (χ4n) is 4.83. The van der Waals surface area contributed by atoms with Crippen LogP contribution in [0.2, 0.25) is 0 Å². The third-order valence-electron chi connectivity index (χ3n) is 6.64. The van der Waals surface area contributed by atoms with Gasteiger partial charge in [-0.25, -0.2) is 4.79 Å². The monoisotopic (exact) mass is 399 g/mol. The number of nitrogens with one attached hydrogen (secondary N) is 1. The van der Waals surface area contributed by atoms with E-state index in [-0.39, 0.29) is 23.9 Å². The molecule has 5 rings (SSSR count). The van der Waals surface area contributed by atoms with Gasteiger partial charge >= 0.3 is 6.09 Å². The van der Waals surface area contributed by atoms with Crippen molar-refractivity contribution in [1.29, 1.82) is 0 Å². The molecule has 3 aromatic rings. The molecule has 0 spiro atoms. The van der Waals surface area contributed by atoms with Gasteiger partial charge in [-0.2, -0.15) is 0 Å². The normalized spacial score (nSPS) is 21.6. The van der Waals surface area contributed by atoms with Crippen LogP contribution in [-0.4, -0.2) is 31.0 Å².